The number of nitrogens with zero attached hydrogens (tertiary/aromatic N) is 1. The SMILES string of the molecule is CCN(CC)CCOc1ccc(C(=O)NN)cc1. The van der Waals surface area contributed by atoms with Crippen molar-refractivity contribution in [2.24, 2.45) is 5.84 Å². The highest BCUT2D eigenvalue weighted by molar-refractivity contribution is 5.93. The molecule has 1 amide bonds. The van der Waals surface area contributed by atoms with Gasteiger partial charge in [0.25, 0.3) is 5.91 Å². The minimum Gasteiger partial charge on any atom is -0.492 e. The molecule has 5 heteroatoms. The number of carbonyl (C=O) groups excluding carboxylic acids is 1. The van der Waals surface area contributed by atoms with Gasteiger partial charge >= 0.3 is 0 Å². The summed E-state index contributed by atoms with van der Waals surface area (Å²) in [5, 5.41) is 0. The van der Waals surface area contributed by atoms with E-state index < -0.39 is 0 Å². The van der Waals surface area contributed by atoms with Gasteiger partial charge in [0.1, 0.15) is 12.4 Å². The third-order valence-corrected chi connectivity index (χ3v) is 2.82. The summed E-state index contributed by atoms with van der Waals surface area (Å²) in [6.07, 6.45) is 0. The van der Waals surface area contributed by atoms with E-state index in [9.17, 15) is 4.79 Å². The number of hydrogen-bond acceptors (Lipinski definition) is 4. The Morgan fingerprint density at radius 2 is 1.89 bits per heavy atom. The zero-order chi connectivity index (χ0) is 13.4. The molecule has 0 aliphatic heterocycles. The third kappa shape index (κ3) is 4.35. The molecule has 0 radical (unpaired) electrons. The Morgan fingerprint density at radius 1 is 1.28 bits per heavy atom. The average Bonchev–Trinajstić information content (AvgIpc) is 2.43. The van der Waals surface area contributed by atoms with Crippen LogP contribution in [0.15, 0.2) is 24.3 Å². The monoisotopic (exact) mass is 251 g/mol. The molecule has 0 spiro atoms. The van der Waals surface area contributed by atoms with Gasteiger partial charge in [-0.05, 0) is 37.4 Å². The summed E-state index contributed by atoms with van der Waals surface area (Å²) in [5.74, 6) is 5.51. The van der Waals surface area contributed by atoms with E-state index in [4.69, 9.17) is 10.6 Å². The number of hydrazine groups is 1. The largest absolute Gasteiger partial charge is 0.492 e. The Kier molecular flexibility index (Phi) is 6.18. The predicted molar refractivity (Wildman–Crippen MR) is 71.4 cm³/mol. The van der Waals surface area contributed by atoms with Gasteiger partial charge in [0.15, 0.2) is 0 Å². The Hall–Kier alpha value is -1.59. The smallest absolute Gasteiger partial charge is 0.265 e. The molecule has 0 fully saturated rings. The van der Waals surface area contributed by atoms with E-state index in [1.165, 1.54) is 0 Å². The lowest BCUT2D eigenvalue weighted by Gasteiger charge is -2.18. The van der Waals surface area contributed by atoms with Crippen molar-refractivity contribution in [2.75, 3.05) is 26.2 Å². The topological polar surface area (TPSA) is 67.6 Å². The van der Waals surface area contributed by atoms with Crippen molar-refractivity contribution in [3.63, 3.8) is 0 Å². The number of rotatable bonds is 7. The fourth-order valence-electron chi connectivity index (χ4n) is 1.62. The van der Waals surface area contributed by atoms with Crippen molar-refractivity contribution in [2.45, 2.75) is 13.8 Å². The molecule has 0 saturated heterocycles. The first-order chi connectivity index (χ1) is 8.71. The summed E-state index contributed by atoms with van der Waals surface area (Å²) >= 11 is 0. The molecule has 0 aliphatic carbocycles. The first-order valence-corrected chi connectivity index (χ1v) is 6.17. The summed E-state index contributed by atoms with van der Waals surface area (Å²) in [6.45, 7) is 7.85. The second kappa shape index (κ2) is 7.68. The number of nitrogen functional groups attached to an aromatic ring is 1. The lowest BCUT2D eigenvalue weighted by molar-refractivity contribution is 0.0953. The van der Waals surface area contributed by atoms with Gasteiger partial charge in [-0.15, -0.1) is 0 Å². The number of amides is 1. The molecular formula is C13H21N3O2. The van der Waals surface area contributed by atoms with E-state index in [0.29, 0.717) is 12.2 Å². The standard InChI is InChI=1S/C13H21N3O2/c1-3-16(4-2)9-10-18-12-7-5-11(6-8-12)13(17)15-14/h5-8H,3-4,9-10,14H2,1-2H3,(H,15,17). The highest BCUT2D eigenvalue weighted by Gasteiger charge is 2.03. The minimum absolute atomic E-state index is 0.301. The van der Waals surface area contributed by atoms with Crippen molar-refractivity contribution in [3.05, 3.63) is 29.8 Å². The highest BCUT2D eigenvalue weighted by atomic mass is 16.5. The number of ether oxygens (including phenoxy) is 1. The van der Waals surface area contributed by atoms with E-state index in [0.717, 1.165) is 25.4 Å². The maximum Gasteiger partial charge on any atom is 0.265 e. The number of likely N-dealkylation sites (N-methyl/N-ethyl adjacent to an activating group) is 1. The Morgan fingerprint density at radius 3 is 2.39 bits per heavy atom. The first kappa shape index (κ1) is 14.5. The maximum atomic E-state index is 11.2. The van der Waals surface area contributed by atoms with Gasteiger partial charge in [0, 0.05) is 12.1 Å². The van der Waals surface area contributed by atoms with E-state index in [-0.39, 0.29) is 5.91 Å². The lowest BCUT2D eigenvalue weighted by atomic mass is 10.2. The van der Waals surface area contributed by atoms with Crippen LogP contribution in [0.5, 0.6) is 5.75 Å². The average molecular weight is 251 g/mol. The molecule has 0 bridgehead atoms. The van der Waals surface area contributed by atoms with Crippen LogP contribution in [0, 0.1) is 0 Å². The number of nitrogens with two attached hydrogens (primary N) is 1. The zero-order valence-electron chi connectivity index (χ0n) is 11.0. The molecule has 0 saturated carbocycles. The molecule has 0 aliphatic rings. The first-order valence-electron chi connectivity index (χ1n) is 6.17. The molecule has 3 N–H and O–H groups in total. The van der Waals surface area contributed by atoms with Crippen molar-refractivity contribution >= 4 is 5.91 Å². The van der Waals surface area contributed by atoms with Crippen molar-refractivity contribution in [3.8, 4) is 5.75 Å². The van der Waals surface area contributed by atoms with Gasteiger partial charge in [-0.1, -0.05) is 13.8 Å². The molecule has 1 rings (SSSR count). The molecule has 0 aromatic heterocycles. The van der Waals surface area contributed by atoms with Crippen LogP contribution in [-0.4, -0.2) is 37.0 Å². The molecule has 100 valence electrons. The molecule has 0 unspecified atom stereocenters. The molecule has 1 aromatic rings. The van der Waals surface area contributed by atoms with Crippen LogP contribution in [0.25, 0.3) is 0 Å². The number of benzene rings is 1. The molecule has 1 aromatic carbocycles. The fourth-order valence-corrected chi connectivity index (χ4v) is 1.62. The summed E-state index contributed by atoms with van der Waals surface area (Å²) in [4.78, 5) is 13.5. The van der Waals surface area contributed by atoms with Gasteiger partial charge < -0.3 is 9.64 Å². The van der Waals surface area contributed by atoms with Crippen molar-refractivity contribution < 1.29 is 9.53 Å². The zero-order valence-corrected chi connectivity index (χ0v) is 11.0. The van der Waals surface area contributed by atoms with E-state index in [2.05, 4.69) is 24.2 Å². The van der Waals surface area contributed by atoms with Gasteiger partial charge in [-0.25, -0.2) is 5.84 Å². The van der Waals surface area contributed by atoms with Gasteiger partial charge in [-0.3, -0.25) is 10.2 Å². The van der Waals surface area contributed by atoms with Crippen LogP contribution < -0.4 is 16.0 Å². The normalized spacial score (nSPS) is 10.4. The Bertz CT molecular complexity index is 361. The van der Waals surface area contributed by atoms with E-state index in [1.807, 2.05) is 0 Å². The summed E-state index contributed by atoms with van der Waals surface area (Å²) in [7, 11) is 0. The quantitative estimate of drug-likeness (QED) is 0.431. The van der Waals surface area contributed by atoms with Gasteiger partial charge in [-0.2, -0.15) is 0 Å². The van der Waals surface area contributed by atoms with Crippen LogP contribution in [0.1, 0.15) is 24.2 Å². The Balaban J connectivity index is 2.42. The van der Waals surface area contributed by atoms with Crippen LogP contribution >= 0.6 is 0 Å². The summed E-state index contributed by atoms with van der Waals surface area (Å²) < 4.78 is 5.60. The van der Waals surface area contributed by atoms with Crippen molar-refractivity contribution in [1.29, 1.82) is 0 Å². The third-order valence-electron chi connectivity index (χ3n) is 2.82. The second-order valence-corrected chi connectivity index (χ2v) is 3.87. The number of hydrogen-bond donors (Lipinski definition) is 2. The minimum atomic E-state index is -0.301. The van der Waals surface area contributed by atoms with Gasteiger partial charge in [0.05, 0.1) is 0 Å². The Labute approximate surface area is 108 Å². The second-order valence-electron chi connectivity index (χ2n) is 3.87. The van der Waals surface area contributed by atoms with Crippen LogP contribution in [-0.2, 0) is 0 Å². The predicted octanol–water partition coefficient (Wildman–Crippen LogP) is 1.01. The molecule has 5 nitrogen and oxygen atoms in total. The number of nitrogens with one attached hydrogen (secondary N) is 1. The molecule has 0 heterocycles. The fraction of sp³-hybridized carbons (Fsp3) is 0.462. The highest BCUT2D eigenvalue weighted by Crippen LogP contribution is 2.11. The van der Waals surface area contributed by atoms with Gasteiger partial charge in [0.2, 0.25) is 0 Å². The summed E-state index contributed by atoms with van der Waals surface area (Å²) in [6, 6.07) is 6.92. The number of carbonyl (C=O) groups is 1. The summed E-state index contributed by atoms with van der Waals surface area (Å²) in [5.41, 5.74) is 2.61. The van der Waals surface area contributed by atoms with Crippen LogP contribution in [0.4, 0.5) is 0 Å². The maximum absolute atomic E-state index is 11.2. The van der Waals surface area contributed by atoms with Crippen LogP contribution in [0.3, 0.4) is 0 Å². The molecule has 0 atom stereocenters. The van der Waals surface area contributed by atoms with Crippen LogP contribution in [0.2, 0.25) is 0 Å². The molecule has 18 heavy (non-hydrogen) atoms. The van der Waals surface area contributed by atoms with E-state index in [1.54, 1.807) is 24.3 Å². The lowest BCUT2D eigenvalue weighted by Crippen LogP contribution is -2.29. The molecular weight excluding hydrogens is 230 g/mol. The van der Waals surface area contributed by atoms with E-state index >= 15 is 0 Å². The van der Waals surface area contributed by atoms with Crippen molar-refractivity contribution in [1.82, 2.24) is 10.3 Å².